The van der Waals surface area contributed by atoms with Crippen LogP contribution in [0.25, 0.3) is 0 Å². The van der Waals surface area contributed by atoms with Gasteiger partial charge in [-0.25, -0.2) is 4.79 Å². The van der Waals surface area contributed by atoms with Crippen LogP contribution in [0.4, 0.5) is 0 Å². The van der Waals surface area contributed by atoms with Crippen LogP contribution in [0.5, 0.6) is 0 Å². The van der Waals surface area contributed by atoms with E-state index in [1.165, 1.54) is 12.2 Å². The minimum atomic E-state index is -3.90. The molecule has 0 radical (unpaired) electrons. The molecule has 0 aliphatic heterocycles. The quantitative estimate of drug-likeness (QED) is 0.230. The van der Waals surface area contributed by atoms with E-state index in [1.54, 1.807) is 0 Å². The number of hydrogen-bond acceptors (Lipinski definition) is 5. The van der Waals surface area contributed by atoms with Gasteiger partial charge in [0.2, 0.25) is 5.91 Å². The van der Waals surface area contributed by atoms with Crippen LogP contribution < -0.4 is 5.73 Å². The number of unbranched alkanes of at least 4 members (excludes halogenated alkanes) is 2. The molecule has 0 aromatic carbocycles. The largest absolute Gasteiger partial charge is 0.463 e. The number of ether oxygens (including phenoxy) is 1. The fourth-order valence-electron chi connectivity index (χ4n) is 0.726. The Kier molecular flexibility index (Phi) is 19.5. The van der Waals surface area contributed by atoms with Gasteiger partial charge in [-0.1, -0.05) is 39.0 Å². The molecule has 0 spiro atoms. The normalized spacial score (nSPS) is 9.00. The maximum Gasteiger partial charge on any atom is 0.330 e. The maximum atomic E-state index is 10.4. The summed E-state index contributed by atoms with van der Waals surface area (Å²) in [6.07, 6.45) is 6.15. The number of carbonyl (C=O) groups excluding carboxylic acids is 2. The molecule has 0 saturated carbocycles. The van der Waals surface area contributed by atoms with Gasteiger partial charge in [0.1, 0.15) is 0 Å². The molecule has 7 nitrogen and oxygen atoms in total. The predicted molar refractivity (Wildman–Crippen MR) is 86.4 cm³/mol. The highest BCUT2D eigenvalue weighted by Crippen LogP contribution is 1.94. The van der Waals surface area contributed by atoms with E-state index in [0.717, 1.165) is 19.3 Å². The Balaban J connectivity index is -0.000000261. The van der Waals surface area contributed by atoms with Crippen LogP contribution in [-0.4, -0.2) is 31.5 Å². The Bertz CT molecular complexity index is 431. The minimum absolute atomic E-state index is 0.278. The standard InChI is InChI=1S/C8H14O2.C4H7NO.C2H4O3S/c1-3-5-6-7-10-8(9)4-2;1-2-3-4(5)6;1-2-6(3,4)5/h4H,2-3,5-7H2,1H3;2H,1,3H2,(H2,5,6);2H,1H2,(H,3,4,5). The van der Waals surface area contributed by atoms with E-state index in [1.807, 2.05) is 0 Å². The molecule has 0 rings (SSSR count). The minimum Gasteiger partial charge on any atom is -0.463 e. The number of hydrogen-bond donors (Lipinski definition) is 2. The van der Waals surface area contributed by atoms with Crippen molar-refractivity contribution in [3.05, 3.63) is 37.3 Å². The third kappa shape index (κ3) is 36.1. The fraction of sp³-hybridized carbons (Fsp3) is 0.429. The van der Waals surface area contributed by atoms with Gasteiger partial charge < -0.3 is 10.5 Å². The van der Waals surface area contributed by atoms with Gasteiger partial charge in [0, 0.05) is 12.5 Å². The molecule has 0 aliphatic carbocycles. The van der Waals surface area contributed by atoms with Crippen molar-refractivity contribution in [1.29, 1.82) is 0 Å². The lowest BCUT2D eigenvalue weighted by Crippen LogP contribution is -2.07. The Morgan fingerprint density at radius 2 is 1.73 bits per heavy atom. The molecule has 0 saturated heterocycles. The van der Waals surface area contributed by atoms with E-state index in [-0.39, 0.29) is 18.3 Å². The van der Waals surface area contributed by atoms with Crippen LogP contribution in [0, 0.1) is 0 Å². The van der Waals surface area contributed by atoms with E-state index in [0.29, 0.717) is 12.0 Å². The first-order valence-corrected chi connectivity index (χ1v) is 7.93. The number of primary amides is 1. The Labute approximate surface area is 132 Å². The highest BCUT2D eigenvalue weighted by atomic mass is 32.2. The molecule has 0 aromatic rings. The molecule has 128 valence electrons. The third-order valence-corrected chi connectivity index (χ3v) is 2.14. The van der Waals surface area contributed by atoms with Crippen molar-refractivity contribution in [3.8, 4) is 0 Å². The molecule has 0 unspecified atom stereocenters. The van der Waals surface area contributed by atoms with Gasteiger partial charge in [-0.05, 0) is 6.42 Å². The van der Waals surface area contributed by atoms with Crippen LogP contribution in [0.2, 0.25) is 0 Å². The summed E-state index contributed by atoms with van der Waals surface area (Å²) >= 11 is 0. The van der Waals surface area contributed by atoms with Crippen LogP contribution in [-0.2, 0) is 24.4 Å². The van der Waals surface area contributed by atoms with Crippen LogP contribution >= 0.6 is 0 Å². The van der Waals surface area contributed by atoms with Gasteiger partial charge in [-0.2, -0.15) is 8.42 Å². The first-order valence-electron chi connectivity index (χ1n) is 6.42. The second-order valence-electron chi connectivity index (χ2n) is 3.72. The molecule has 3 N–H and O–H groups in total. The van der Waals surface area contributed by atoms with Crippen molar-refractivity contribution in [2.75, 3.05) is 6.61 Å². The average Bonchev–Trinajstić information content (AvgIpc) is 2.43. The summed E-state index contributed by atoms with van der Waals surface area (Å²) in [4.78, 5) is 20.2. The summed E-state index contributed by atoms with van der Waals surface area (Å²) in [7, 11) is -3.90. The molecule has 0 heterocycles. The van der Waals surface area contributed by atoms with E-state index >= 15 is 0 Å². The molecular weight excluding hydrogens is 310 g/mol. The van der Waals surface area contributed by atoms with E-state index in [9.17, 15) is 18.0 Å². The fourth-order valence-corrected chi connectivity index (χ4v) is 0.726. The molecule has 22 heavy (non-hydrogen) atoms. The molecule has 1 amide bonds. The summed E-state index contributed by atoms with van der Waals surface area (Å²) in [6, 6.07) is 0. The first-order chi connectivity index (χ1) is 10.1. The van der Waals surface area contributed by atoms with Gasteiger partial charge >= 0.3 is 5.97 Å². The predicted octanol–water partition coefficient (Wildman–Crippen LogP) is 1.97. The van der Waals surface area contributed by atoms with Crippen LogP contribution in [0.1, 0.15) is 32.6 Å². The highest BCUT2D eigenvalue weighted by molar-refractivity contribution is 7.88. The van der Waals surface area contributed by atoms with Gasteiger partial charge in [0.25, 0.3) is 10.1 Å². The zero-order chi connectivity index (χ0) is 18.0. The number of amides is 1. The highest BCUT2D eigenvalue weighted by Gasteiger charge is 1.92. The second kappa shape index (κ2) is 17.1. The van der Waals surface area contributed by atoms with E-state index in [2.05, 4.69) is 26.7 Å². The van der Waals surface area contributed by atoms with Gasteiger partial charge in [0.15, 0.2) is 0 Å². The van der Waals surface area contributed by atoms with Crippen molar-refractivity contribution in [1.82, 2.24) is 0 Å². The Morgan fingerprint density at radius 1 is 1.23 bits per heavy atom. The van der Waals surface area contributed by atoms with Crippen molar-refractivity contribution in [2.24, 2.45) is 5.73 Å². The number of nitrogens with two attached hydrogens (primary N) is 1. The van der Waals surface area contributed by atoms with Gasteiger partial charge in [0.05, 0.1) is 12.0 Å². The third-order valence-electron chi connectivity index (χ3n) is 1.72. The summed E-state index contributed by atoms with van der Waals surface area (Å²) in [6.45, 7) is 12.0. The van der Waals surface area contributed by atoms with Gasteiger partial charge in [-0.3, -0.25) is 9.35 Å². The molecule has 0 bridgehead atoms. The Hall–Kier alpha value is -1.93. The van der Waals surface area contributed by atoms with Crippen LogP contribution in [0.3, 0.4) is 0 Å². The number of carbonyl (C=O) groups is 2. The maximum absolute atomic E-state index is 10.4. The lowest BCUT2D eigenvalue weighted by molar-refractivity contribution is -0.137. The van der Waals surface area contributed by atoms with E-state index in [4.69, 9.17) is 15.0 Å². The van der Waals surface area contributed by atoms with Crippen LogP contribution in [0.15, 0.2) is 37.3 Å². The van der Waals surface area contributed by atoms with Crippen molar-refractivity contribution >= 4 is 22.0 Å². The molecule has 0 fully saturated rings. The van der Waals surface area contributed by atoms with Gasteiger partial charge in [-0.15, -0.1) is 6.58 Å². The SMILES string of the molecule is C=CC(=O)OCCCCC.C=CCC(N)=O.C=CS(=O)(=O)O. The summed E-state index contributed by atoms with van der Waals surface area (Å²) < 4.78 is 31.3. The number of rotatable bonds is 8. The first kappa shape index (κ1) is 25.0. The van der Waals surface area contributed by atoms with Crippen molar-refractivity contribution < 1.29 is 27.3 Å². The Morgan fingerprint density at radius 3 is 1.95 bits per heavy atom. The second-order valence-corrected chi connectivity index (χ2v) is 5.08. The zero-order valence-electron chi connectivity index (χ0n) is 12.9. The summed E-state index contributed by atoms with van der Waals surface area (Å²) in [5.74, 6) is -0.652. The molecule has 0 aliphatic rings. The molecule has 0 atom stereocenters. The number of esters is 1. The van der Waals surface area contributed by atoms with Crippen molar-refractivity contribution in [2.45, 2.75) is 32.6 Å². The monoisotopic (exact) mass is 335 g/mol. The lowest BCUT2D eigenvalue weighted by Gasteiger charge is -1.98. The lowest BCUT2D eigenvalue weighted by atomic mass is 10.3. The molecule has 8 heteroatoms. The van der Waals surface area contributed by atoms with E-state index < -0.39 is 10.1 Å². The topological polar surface area (TPSA) is 124 Å². The smallest absolute Gasteiger partial charge is 0.330 e. The average molecular weight is 335 g/mol. The van der Waals surface area contributed by atoms with Crippen molar-refractivity contribution in [3.63, 3.8) is 0 Å². The zero-order valence-corrected chi connectivity index (χ0v) is 13.7. The summed E-state index contributed by atoms with van der Waals surface area (Å²) in [5, 5.41) is 0.465. The molecule has 0 aromatic heterocycles. The molecular formula is C14H25NO6S. The summed E-state index contributed by atoms with van der Waals surface area (Å²) in [5.41, 5.74) is 4.69.